The Labute approximate surface area is 90.7 Å². The zero-order chi connectivity index (χ0) is 11.4. The third-order valence-electron chi connectivity index (χ3n) is 2.41. The molecule has 2 atom stereocenters. The van der Waals surface area contributed by atoms with Gasteiger partial charge in [0.05, 0.1) is 12.0 Å². The Kier molecular flexibility index (Phi) is 4.27. The van der Waals surface area contributed by atoms with Gasteiger partial charge >= 0.3 is 0 Å². The zero-order valence-corrected chi connectivity index (χ0v) is 9.90. The Morgan fingerprint density at radius 3 is 2.47 bits per heavy atom. The molecule has 1 heterocycles. The van der Waals surface area contributed by atoms with Crippen LogP contribution in [0.15, 0.2) is 4.52 Å². The molecule has 0 bridgehead atoms. The molecule has 1 N–H and O–H groups in total. The molecule has 0 saturated carbocycles. The number of hydrogen-bond acceptors (Lipinski definition) is 4. The molecule has 0 aliphatic rings. The van der Waals surface area contributed by atoms with Crippen molar-refractivity contribution < 1.29 is 9.63 Å². The van der Waals surface area contributed by atoms with E-state index in [4.69, 9.17) is 4.52 Å². The fraction of sp³-hybridized carbons (Fsp3) is 0.818. The molecule has 0 amide bonds. The molecule has 0 aromatic carbocycles. The molecular weight excluding hydrogens is 192 g/mol. The van der Waals surface area contributed by atoms with Crippen LogP contribution in [0.2, 0.25) is 0 Å². The number of hydrogen-bond donors (Lipinski definition) is 1. The van der Waals surface area contributed by atoms with Crippen molar-refractivity contribution in [3.63, 3.8) is 0 Å². The van der Waals surface area contributed by atoms with Gasteiger partial charge in [0.2, 0.25) is 5.89 Å². The molecule has 0 fully saturated rings. The van der Waals surface area contributed by atoms with Crippen molar-refractivity contribution in [3.05, 3.63) is 11.7 Å². The van der Waals surface area contributed by atoms with Crippen molar-refractivity contribution in [1.29, 1.82) is 0 Å². The van der Waals surface area contributed by atoms with Crippen LogP contribution in [0.4, 0.5) is 0 Å². The average Bonchev–Trinajstić information content (AvgIpc) is 2.52. The Morgan fingerprint density at radius 2 is 2.00 bits per heavy atom. The van der Waals surface area contributed by atoms with Gasteiger partial charge in [-0.15, -0.1) is 0 Å². The number of nitrogens with zero attached hydrogens (tertiary/aromatic N) is 2. The van der Waals surface area contributed by atoms with E-state index in [9.17, 15) is 5.11 Å². The van der Waals surface area contributed by atoms with Gasteiger partial charge in [-0.2, -0.15) is 4.98 Å². The number of rotatable bonds is 5. The van der Waals surface area contributed by atoms with Crippen LogP contribution < -0.4 is 0 Å². The Morgan fingerprint density at radius 1 is 1.33 bits per heavy atom. The molecule has 0 saturated heterocycles. The molecule has 15 heavy (non-hydrogen) atoms. The fourth-order valence-corrected chi connectivity index (χ4v) is 1.59. The van der Waals surface area contributed by atoms with E-state index in [2.05, 4.69) is 24.0 Å². The SMILES string of the molecule is CCC(c1nc(CC(C)C)no1)C(C)O. The van der Waals surface area contributed by atoms with E-state index in [1.165, 1.54) is 0 Å². The Balaban J connectivity index is 2.73. The monoisotopic (exact) mass is 212 g/mol. The number of aromatic nitrogens is 2. The fourth-order valence-electron chi connectivity index (χ4n) is 1.59. The van der Waals surface area contributed by atoms with Gasteiger partial charge in [0.25, 0.3) is 0 Å². The Hall–Kier alpha value is -0.900. The average molecular weight is 212 g/mol. The van der Waals surface area contributed by atoms with Crippen molar-refractivity contribution in [2.75, 3.05) is 0 Å². The van der Waals surface area contributed by atoms with Crippen molar-refractivity contribution in [2.45, 2.75) is 52.6 Å². The second kappa shape index (κ2) is 5.26. The van der Waals surface area contributed by atoms with E-state index in [1.54, 1.807) is 6.92 Å². The third kappa shape index (κ3) is 3.30. The first kappa shape index (κ1) is 12.2. The van der Waals surface area contributed by atoms with E-state index in [0.717, 1.165) is 18.7 Å². The van der Waals surface area contributed by atoms with Crippen LogP contribution in [0.25, 0.3) is 0 Å². The normalized spacial score (nSPS) is 15.6. The van der Waals surface area contributed by atoms with E-state index in [0.29, 0.717) is 11.8 Å². The topological polar surface area (TPSA) is 59.2 Å². The molecule has 0 radical (unpaired) electrons. The maximum atomic E-state index is 9.53. The Bertz CT molecular complexity index is 295. The van der Waals surface area contributed by atoms with Crippen molar-refractivity contribution in [3.8, 4) is 0 Å². The first-order valence-electron chi connectivity index (χ1n) is 5.55. The zero-order valence-electron chi connectivity index (χ0n) is 9.90. The van der Waals surface area contributed by atoms with Crippen LogP contribution in [0.3, 0.4) is 0 Å². The summed E-state index contributed by atoms with van der Waals surface area (Å²) in [6.07, 6.45) is 1.18. The van der Waals surface area contributed by atoms with Crippen LogP contribution in [-0.4, -0.2) is 21.4 Å². The standard InChI is InChI=1S/C11H20N2O2/c1-5-9(8(4)14)11-12-10(13-15-11)6-7(2)3/h7-9,14H,5-6H2,1-4H3. The van der Waals surface area contributed by atoms with Crippen LogP contribution in [0.5, 0.6) is 0 Å². The molecule has 4 nitrogen and oxygen atoms in total. The molecule has 1 aromatic rings. The van der Waals surface area contributed by atoms with Gasteiger partial charge in [-0.05, 0) is 19.3 Å². The summed E-state index contributed by atoms with van der Waals surface area (Å²) in [6.45, 7) is 7.98. The molecule has 0 aliphatic carbocycles. The molecule has 2 unspecified atom stereocenters. The predicted molar refractivity (Wildman–Crippen MR) is 57.6 cm³/mol. The molecule has 4 heteroatoms. The highest BCUT2D eigenvalue weighted by Gasteiger charge is 2.22. The molecule has 86 valence electrons. The summed E-state index contributed by atoms with van der Waals surface area (Å²) in [7, 11) is 0. The largest absolute Gasteiger partial charge is 0.393 e. The summed E-state index contributed by atoms with van der Waals surface area (Å²) in [4.78, 5) is 4.31. The predicted octanol–water partition coefficient (Wildman–Crippen LogP) is 2.14. The molecule has 1 aromatic heterocycles. The lowest BCUT2D eigenvalue weighted by atomic mass is 10.0. The first-order valence-corrected chi connectivity index (χ1v) is 5.55. The molecular formula is C11H20N2O2. The van der Waals surface area contributed by atoms with Gasteiger partial charge in [-0.25, -0.2) is 0 Å². The van der Waals surface area contributed by atoms with Crippen LogP contribution in [0, 0.1) is 5.92 Å². The second-order valence-electron chi connectivity index (χ2n) is 4.40. The second-order valence-corrected chi connectivity index (χ2v) is 4.40. The van der Waals surface area contributed by atoms with Gasteiger partial charge in [0, 0.05) is 6.42 Å². The van der Waals surface area contributed by atoms with E-state index < -0.39 is 6.10 Å². The van der Waals surface area contributed by atoms with Crippen molar-refractivity contribution >= 4 is 0 Å². The summed E-state index contributed by atoms with van der Waals surface area (Å²) in [5.41, 5.74) is 0. The van der Waals surface area contributed by atoms with Gasteiger partial charge in [0.1, 0.15) is 0 Å². The highest BCUT2D eigenvalue weighted by Crippen LogP contribution is 2.21. The third-order valence-corrected chi connectivity index (χ3v) is 2.41. The first-order chi connectivity index (χ1) is 7.04. The van der Waals surface area contributed by atoms with Crippen LogP contribution in [0.1, 0.15) is 51.7 Å². The molecule has 0 aliphatic heterocycles. The maximum Gasteiger partial charge on any atom is 0.232 e. The van der Waals surface area contributed by atoms with Gasteiger partial charge in [-0.1, -0.05) is 25.9 Å². The van der Waals surface area contributed by atoms with Crippen LogP contribution >= 0.6 is 0 Å². The van der Waals surface area contributed by atoms with Crippen molar-refractivity contribution in [2.24, 2.45) is 5.92 Å². The van der Waals surface area contributed by atoms with Crippen molar-refractivity contribution in [1.82, 2.24) is 10.1 Å². The minimum absolute atomic E-state index is 0.0431. The number of aliphatic hydroxyl groups excluding tert-OH is 1. The quantitative estimate of drug-likeness (QED) is 0.812. The lowest BCUT2D eigenvalue weighted by molar-refractivity contribution is 0.141. The lowest BCUT2D eigenvalue weighted by Gasteiger charge is -2.12. The van der Waals surface area contributed by atoms with E-state index in [1.807, 2.05) is 6.92 Å². The summed E-state index contributed by atoms with van der Waals surface area (Å²) < 4.78 is 5.16. The highest BCUT2D eigenvalue weighted by molar-refractivity contribution is 4.96. The minimum atomic E-state index is -0.442. The molecule has 0 spiro atoms. The van der Waals surface area contributed by atoms with Gasteiger partial charge in [0.15, 0.2) is 5.82 Å². The lowest BCUT2D eigenvalue weighted by Crippen LogP contribution is -2.14. The summed E-state index contributed by atoms with van der Waals surface area (Å²) in [5, 5.41) is 13.4. The maximum absolute atomic E-state index is 9.53. The highest BCUT2D eigenvalue weighted by atomic mass is 16.5. The van der Waals surface area contributed by atoms with E-state index in [-0.39, 0.29) is 5.92 Å². The van der Waals surface area contributed by atoms with Gasteiger partial charge < -0.3 is 9.63 Å². The van der Waals surface area contributed by atoms with Crippen LogP contribution in [-0.2, 0) is 6.42 Å². The number of aliphatic hydroxyl groups is 1. The summed E-state index contributed by atoms with van der Waals surface area (Å²) in [6, 6.07) is 0. The summed E-state index contributed by atoms with van der Waals surface area (Å²) >= 11 is 0. The summed E-state index contributed by atoms with van der Waals surface area (Å²) in [5.74, 6) is 1.77. The van der Waals surface area contributed by atoms with E-state index >= 15 is 0 Å². The smallest absolute Gasteiger partial charge is 0.232 e. The minimum Gasteiger partial charge on any atom is -0.393 e. The molecule has 1 rings (SSSR count). The van der Waals surface area contributed by atoms with Gasteiger partial charge in [-0.3, -0.25) is 0 Å².